The fourth-order valence-corrected chi connectivity index (χ4v) is 2.10. The first-order chi connectivity index (χ1) is 5.02. The largest absolute Gasteiger partial charge is 0.374 e. The monoisotopic (exact) mass is 156 g/mol. The van der Waals surface area contributed by atoms with Crippen LogP contribution in [0.2, 0.25) is 0 Å². The van der Waals surface area contributed by atoms with Gasteiger partial charge in [-0.1, -0.05) is 27.7 Å². The molecule has 66 valence electrons. The van der Waals surface area contributed by atoms with Crippen molar-refractivity contribution in [3.63, 3.8) is 0 Å². The summed E-state index contributed by atoms with van der Waals surface area (Å²) in [4.78, 5) is 0. The molecule has 1 atom stereocenters. The summed E-state index contributed by atoms with van der Waals surface area (Å²) in [5.74, 6) is 0. The summed E-state index contributed by atoms with van der Waals surface area (Å²) in [5.41, 5.74) is 0.477. The van der Waals surface area contributed by atoms with Gasteiger partial charge >= 0.3 is 0 Å². The SMILES string of the molecule is CCC1(C(C)(C)C)CCCO1. The highest BCUT2D eigenvalue weighted by Crippen LogP contribution is 2.43. The molecule has 1 aliphatic heterocycles. The standard InChI is InChI=1S/C10H20O/c1-5-10(9(2,3)4)7-6-8-11-10/h5-8H2,1-4H3. The summed E-state index contributed by atoms with van der Waals surface area (Å²) in [5, 5.41) is 0. The lowest BCUT2D eigenvalue weighted by molar-refractivity contribution is -0.0800. The Balaban J connectivity index is 2.75. The smallest absolute Gasteiger partial charge is 0.0728 e. The van der Waals surface area contributed by atoms with Gasteiger partial charge in [0.15, 0.2) is 0 Å². The van der Waals surface area contributed by atoms with Crippen molar-refractivity contribution in [2.45, 2.75) is 52.6 Å². The average molecular weight is 156 g/mol. The van der Waals surface area contributed by atoms with Gasteiger partial charge in [0, 0.05) is 6.61 Å². The van der Waals surface area contributed by atoms with Gasteiger partial charge in [0.1, 0.15) is 0 Å². The van der Waals surface area contributed by atoms with Crippen LogP contribution in [0, 0.1) is 5.41 Å². The molecule has 1 rings (SSSR count). The minimum atomic E-state index is 0.174. The molecule has 0 aromatic rings. The van der Waals surface area contributed by atoms with Crippen molar-refractivity contribution in [3.8, 4) is 0 Å². The lowest BCUT2D eigenvalue weighted by Gasteiger charge is -2.40. The van der Waals surface area contributed by atoms with Gasteiger partial charge in [-0.3, -0.25) is 0 Å². The van der Waals surface area contributed by atoms with Crippen molar-refractivity contribution in [3.05, 3.63) is 0 Å². The minimum absolute atomic E-state index is 0.174. The maximum atomic E-state index is 5.85. The van der Waals surface area contributed by atoms with Gasteiger partial charge in [-0.15, -0.1) is 0 Å². The molecule has 11 heavy (non-hydrogen) atoms. The van der Waals surface area contributed by atoms with E-state index in [1.165, 1.54) is 12.8 Å². The molecular formula is C10H20O. The molecule has 0 radical (unpaired) electrons. The van der Waals surface area contributed by atoms with Gasteiger partial charge in [0.2, 0.25) is 0 Å². The molecule has 1 unspecified atom stereocenters. The van der Waals surface area contributed by atoms with Crippen LogP contribution in [-0.2, 0) is 4.74 Å². The quantitative estimate of drug-likeness (QED) is 0.567. The van der Waals surface area contributed by atoms with E-state index in [2.05, 4.69) is 27.7 Å². The molecule has 0 aromatic heterocycles. The predicted molar refractivity (Wildman–Crippen MR) is 47.7 cm³/mol. The Kier molecular flexibility index (Phi) is 2.29. The predicted octanol–water partition coefficient (Wildman–Crippen LogP) is 2.99. The Bertz CT molecular complexity index is 126. The van der Waals surface area contributed by atoms with Crippen LogP contribution in [-0.4, -0.2) is 12.2 Å². The van der Waals surface area contributed by atoms with Crippen molar-refractivity contribution < 1.29 is 4.74 Å². The van der Waals surface area contributed by atoms with E-state index in [1.54, 1.807) is 0 Å². The fourth-order valence-electron chi connectivity index (χ4n) is 2.10. The van der Waals surface area contributed by atoms with Crippen LogP contribution in [0.4, 0.5) is 0 Å². The van der Waals surface area contributed by atoms with Crippen molar-refractivity contribution in [2.24, 2.45) is 5.41 Å². The normalized spacial score (nSPS) is 32.7. The van der Waals surface area contributed by atoms with Gasteiger partial charge < -0.3 is 4.74 Å². The van der Waals surface area contributed by atoms with Crippen molar-refractivity contribution in [2.75, 3.05) is 6.61 Å². The van der Waals surface area contributed by atoms with Crippen LogP contribution in [0.1, 0.15) is 47.0 Å². The van der Waals surface area contributed by atoms with Crippen LogP contribution in [0.5, 0.6) is 0 Å². The third kappa shape index (κ3) is 1.44. The fraction of sp³-hybridized carbons (Fsp3) is 1.00. The van der Waals surface area contributed by atoms with Crippen molar-refractivity contribution in [1.82, 2.24) is 0 Å². The van der Waals surface area contributed by atoms with E-state index in [9.17, 15) is 0 Å². The Morgan fingerprint density at radius 3 is 2.18 bits per heavy atom. The summed E-state index contributed by atoms with van der Waals surface area (Å²) in [6.45, 7) is 10.0. The molecule has 1 heteroatoms. The third-order valence-electron chi connectivity index (χ3n) is 3.04. The number of rotatable bonds is 1. The molecule has 0 aliphatic carbocycles. The summed E-state index contributed by atoms with van der Waals surface area (Å²) in [6, 6.07) is 0. The number of hydrogen-bond donors (Lipinski definition) is 0. The molecule has 0 N–H and O–H groups in total. The molecule has 1 heterocycles. The summed E-state index contributed by atoms with van der Waals surface area (Å²) in [6.07, 6.45) is 3.63. The second kappa shape index (κ2) is 2.78. The van der Waals surface area contributed by atoms with Crippen LogP contribution in [0.3, 0.4) is 0 Å². The summed E-state index contributed by atoms with van der Waals surface area (Å²) in [7, 11) is 0. The second-order valence-electron chi connectivity index (χ2n) is 4.55. The molecule has 0 spiro atoms. The van der Waals surface area contributed by atoms with Crippen LogP contribution >= 0.6 is 0 Å². The molecule has 1 aliphatic rings. The lowest BCUT2D eigenvalue weighted by atomic mass is 9.73. The van der Waals surface area contributed by atoms with Crippen LogP contribution < -0.4 is 0 Å². The number of hydrogen-bond acceptors (Lipinski definition) is 1. The third-order valence-corrected chi connectivity index (χ3v) is 3.04. The van der Waals surface area contributed by atoms with E-state index in [0.717, 1.165) is 13.0 Å². The highest BCUT2D eigenvalue weighted by Gasteiger charge is 2.43. The topological polar surface area (TPSA) is 9.23 Å². The van der Waals surface area contributed by atoms with Crippen molar-refractivity contribution >= 4 is 0 Å². The van der Waals surface area contributed by atoms with E-state index < -0.39 is 0 Å². The average Bonchev–Trinajstić information content (AvgIpc) is 2.33. The van der Waals surface area contributed by atoms with E-state index in [1.807, 2.05) is 0 Å². The van der Waals surface area contributed by atoms with Gasteiger partial charge in [-0.2, -0.15) is 0 Å². The summed E-state index contributed by atoms with van der Waals surface area (Å²) < 4.78 is 5.85. The first-order valence-corrected chi connectivity index (χ1v) is 4.66. The molecule has 1 nitrogen and oxygen atoms in total. The first kappa shape index (κ1) is 9.05. The molecule has 1 saturated heterocycles. The highest BCUT2D eigenvalue weighted by atomic mass is 16.5. The molecule has 0 bridgehead atoms. The Hall–Kier alpha value is -0.0400. The van der Waals surface area contributed by atoms with E-state index >= 15 is 0 Å². The zero-order valence-corrected chi connectivity index (χ0v) is 8.24. The molecule has 0 amide bonds. The minimum Gasteiger partial charge on any atom is -0.374 e. The maximum Gasteiger partial charge on any atom is 0.0728 e. The van der Waals surface area contributed by atoms with E-state index in [-0.39, 0.29) is 5.60 Å². The number of ether oxygens (including phenoxy) is 1. The zero-order valence-electron chi connectivity index (χ0n) is 8.24. The maximum absolute atomic E-state index is 5.85. The second-order valence-corrected chi connectivity index (χ2v) is 4.55. The van der Waals surface area contributed by atoms with E-state index in [4.69, 9.17) is 4.74 Å². The zero-order chi connectivity index (χ0) is 8.54. The lowest BCUT2D eigenvalue weighted by Crippen LogP contribution is -2.41. The van der Waals surface area contributed by atoms with Crippen LogP contribution in [0.15, 0.2) is 0 Å². The van der Waals surface area contributed by atoms with Gasteiger partial charge in [0.05, 0.1) is 5.60 Å². The molecular weight excluding hydrogens is 136 g/mol. The molecule has 0 saturated carbocycles. The van der Waals surface area contributed by atoms with Crippen LogP contribution in [0.25, 0.3) is 0 Å². The van der Waals surface area contributed by atoms with Gasteiger partial charge in [0.25, 0.3) is 0 Å². The first-order valence-electron chi connectivity index (χ1n) is 4.66. The molecule has 0 aromatic carbocycles. The highest BCUT2D eigenvalue weighted by molar-refractivity contribution is 4.93. The van der Waals surface area contributed by atoms with E-state index in [0.29, 0.717) is 5.41 Å². The Morgan fingerprint density at radius 2 is 2.00 bits per heavy atom. The van der Waals surface area contributed by atoms with Gasteiger partial charge in [-0.25, -0.2) is 0 Å². The van der Waals surface area contributed by atoms with Gasteiger partial charge in [-0.05, 0) is 24.7 Å². The summed E-state index contributed by atoms with van der Waals surface area (Å²) >= 11 is 0. The van der Waals surface area contributed by atoms with Crippen molar-refractivity contribution in [1.29, 1.82) is 0 Å². The Morgan fingerprint density at radius 1 is 1.36 bits per heavy atom. The Labute approximate surface area is 70.1 Å². The molecule has 1 fully saturated rings.